The number of ether oxygens (including phenoxy) is 1. The summed E-state index contributed by atoms with van der Waals surface area (Å²) < 4.78 is 6.94. The van der Waals surface area contributed by atoms with E-state index in [-0.39, 0.29) is 5.92 Å². The standard InChI is InChI=1S/C62H41NO/c1-3-19-42(20-4-1)59-51-28-12-16-36-58(51)64-61-52(59)30-18-35-57(61)63(43-21-5-2-6-22-43)44-39-37-41(38-40-44)45-23-7-8-24-46(45)49-29-17-34-56-60(49)50-27-11-15-33-55(50)62(56)53-31-13-9-25-47(53)48-26-10-14-32-54(48)62/h1-40,59H. The van der Waals surface area contributed by atoms with Crippen molar-refractivity contribution in [3.63, 3.8) is 0 Å². The van der Waals surface area contributed by atoms with Gasteiger partial charge in [0.15, 0.2) is 5.75 Å². The van der Waals surface area contributed by atoms with Crippen LogP contribution in [0.3, 0.4) is 0 Å². The Morgan fingerprint density at radius 2 is 0.844 bits per heavy atom. The van der Waals surface area contributed by atoms with Gasteiger partial charge in [-0.05, 0) is 109 Å². The third-order valence-corrected chi connectivity index (χ3v) is 13.8. The molecule has 2 nitrogen and oxygen atoms in total. The third-order valence-electron chi connectivity index (χ3n) is 13.8. The molecule has 10 aromatic rings. The molecule has 1 heterocycles. The lowest BCUT2D eigenvalue weighted by molar-refractivity contribution is 0.454. The van der Waals surface area contributed by atoms with Crippen LogP contribution in [0.4, 0.5) is 17.1 Å². The summed E-state index contributed by atoms with van der Waals surface area (Å²) in [6.07, 6.45) is 0. The van der Waals surface area contributed by atoms with Gasteiger partial charge in [0.2, 0.25) is 0 Å². The van der Waals surface area contributed by atoms with Crippen molar-refractivity contribution in [2.75, 3.05) is 4.90 Å². The van der Waals surface area contributed by atoms with E-state index in [1.807, 2.05) is 0 Å². The smallest absolute Gasteiger partial charge is 0.155 e. The highest BCUT2D eigenvalue weighted by atomic mass is 16.5. The molecule has 10 aromatic carbocycles. The first-order valence-corrected chi connectivity index (χ1v) is 22.2. The summed E-state index contributed by atoms with van der Waals surface area (Å²) >= 11 is 0. The third kappa shape index (κ3) is 5.26. The predicted molar refractivity (Wildman–Crippen MR) is 262 cm³/mol. The van der Waals surface area contributed by atoms with E-state index in [9.17, 15) is 0 Å². The molecule has 3 aliphatic rings. The molecule has 0 amide bonds. The molecule has 0 saturated heterocycles. The Labute approximate surface area is 374 Å². The van der Waals surface area contributed by atoms with Crippen LogP contribution in [0.15, 0.2) is 243 Å². The number of nitrogens with zero attached hydrogens (tertiary/aromatic N) is 1. The summed E-state index contributed by atoms with van der Waals surface area (Å²) in [5.41, 5.74) is 21.8. The van der Waals surface area contributed by atoms with Crippen molar-refractivity contribution in [1.29, 1.82) is 0 Å². The monoisotopic (exact) mass is 815 g/mol. The summed E-state index contributed by atoms with van der Waals surface area (Å²) in [4.78, 5) is 2.34. The second-order valence-corrected chi connectivity index (χ2v) is 17.1. The molecular formula is C62H41NO. The SMILES string of the molecule is c1ccc(C2c3ccccc3Oc3c2cccc3N(c2ccccc2)c2ccc(-c3ccccc3-c3cccc4c3-c3ccccc3C43c4ccccc4-c4ccccc43)cc2)cc1. The minimum atomic E-state index is -0.393. The van der Waals surface area contributed by atoms with Gasteiger partial charge >= 0.3 is 0 Å². The number of rotatable bonds is 6. The molecule has 1 spiro atoms. The number of fused-ring (bicyclic) bond motifs is 12. The van der Waals surface area contributed by atoms with Crippen LogP contribution in [0, 0.1) is 0 Å². The van der Waals surface area contributed by atoms with E-state index in [1.165, 1.54) is 72.3 Å². The molecule has 0 saturated carbocycles. The molecule has 1 aliphatic heterocycles. The minimum Gasteiger partial charge on any atom is -0.455 e. The Hall–Kier alpha value is -8.20. The summed E-state index contributed by atoms with van der Waals surface area (Å²) in [5, 5.41) is 0. The largest absolute Gasteiger partial charge is 0.455 e. The van der Waals surface area contributed by atoms with Gasteiger partial charge in [-0.3, -0.25) is 0 Å². The molecule has 0 bridgehead atoms. The van der Waals surface area contributed by atoms with Gasteiger partial charge in [0.05, 0.1) is 11.1 Å². The van der Waals surface area contributed by atoms with E-state index >= 15 is 0 Å². The van der Waals surface area contributed by atoms with Crippen LogP contribution in [0.1, 0.15) is 44.9 Å². The Balaban J connectivity index is 0.948. The van der Waals surface area contributed by atoms with E-state index in [0.29, 0.717) is 0 Å². The fraction of sp³-hybridized carbons (Fsp3) is 0.0323. The van der Waals surface area contributed by atoms with E-state index in [4.69, 9.17) is 4.74 Å². The number of anilines is 3. The second-order valence-electron chi connectivity index (χ2n) is 17.1. The first-order valence-electron chi connectivity index (χ1n) is 22.2. The molecule has 1 atom stereocenters. The van der Waals surface area contributed by atoms with Crippen molar-refractivity contribution in [1.82, 2.24) is 0 Å². The molecule has 0 N–H and O–H groups in total. The lowest BCUT2D eigenvalue weighted by Crippen LogP contribution is -2.25. The average Bonchev–Trinajstić information content (AvgIpc) is 3.84. The van der Waals surface area contributed by atoms with Crippen LogP contribution in [0.25, 0.3) is 44.5 Å². The van der Waals surface area contributed by atoms with Crippen LogP contribution >= 0.6 is 0 Å². The highest BCUT2D eigenvalue weighted by Gasteiger charge is 2.52. The zero-order valence-corrected chi connectivity index (χ0v) is 35.0. The Bertz CT molecular complexity index is 3380. The van der Waals surface area contributed by atoms with E-state index < -0.39 is 5.41 Å². The zero-order valence-electron chi connectivity index (χ0n) is 35.0. The lowest BCUT2D eigenvalue weighted by atomic mass is 9.70. The van der Waals surface area contributed by atoms with Crippen molar-refractivity contribution in [3.05, 3.63) is 282 Å². The first-order chi connectivity index (χ1) is 31.8. The number of hydrogen-bond donors (Lipinski definition) is 0. The quantitative estimate of drug-likeness (QED) is 0.166. The topological polar surface area (TPSA) is 12.5 Å². The molecule has 300 valence electrons. The molecule has 2 aliphatic carbocycles. The van der Waals surface area contributed by atoms with E-state index in [2.05, 4.69) is 248 Å². The van der Waals surface area contributed by atoms with Gasteiger partial charge in [0, 0.05) is 28.4 Å². The molecule has 0 radical (unpaired) electrons. The molecule has 13 rings (SSSR count). The highest BCUT2D eigenvalue weighted by molar-refractivity contribution is 6.02. The predicted octanol–water partition coefficient (Wildman–Crippen LogP) is 16.1. The van der Waals surface area contributed by atoms with Crippen molar-refractivity contribution >= 4 is 17.1 Å². The molecule has 0 aromatic heterocycles. The van der Waals surface area contributed by atoms with Gasteiger partial charge in [-0.1, -0.05) is 206 Å². The fourth-order valence-electron chi connectivity index (χ4n) is 11.3. The van der Waals surface area contributed by atoms with Crippen LogP contribution in [0.2, 0.25) is 0 Å². The Morgan fingerprint density at radius 3 is 1.56 bits per heavy atom. The molecular weight excluding hydrogens is 775 g/mol. The van der Waals surface area contributed by atoms with Crippen LogP contribution in [0.5, 0.6) is 11.5 Å². The lowest BCUT2D eigenvalue weighted by Gasteiger charge is -2.34. The average molecular weight is 816 g/mol. The molecule has 2 heteroatoms. The minimum absolute atomic E-state index is 0.0389. The zero-order chi connectivity index (χ0) is 42.2. The molecule has 1 unspecified atom stereocenters. The number of para-hydroxylation sites is 3. The maximum absolute atomic E-state index is 6.94. The summed E-state index contributed by atoms with van der Waals surface area (Å²) in [5.74, 6) is 1.80. The van der Waals surface area contributed by atoms with Gasteiger partial charge < -0.3 is 9.64 Å². The van der Waals surface area contributed by atoms with Gasteiger partial charge in [-0.15, -0.1) is 0 Å². The number of benzene rings is 10. The van der Waals surface area contributed by atoms with Gasteiger partial charge in [0.25, 0.3) is 0 Å². The van der Waals surface area contributed by atoms with Crippen LogP contribution in [-0.2, 0) is 5.41 Å². The maximum atomic E-state index is 6.94. The van der Waals surface area contributed by atoms with E-state index in [0.717, 1.165) is 39.7 Å². The van der Waals surface area contributed by atoms with Gasteiger partial charge in [0.1, 0.15) is 5.75 Å². The Morgan fingerprint density at radius 1 is 0.344 bits per heavy atom. The van der Waals surface area contributed by atoms with Crippen LogP contribution < -0.4 is 9.64 Å². The first kappa shape index (κ1) is 36.5. The second kappa shape index (κ2) is 14.4. The fourth-order valence-corrected chi connectivity index (χ4v) is 11.3. The van der Waals surface area contributed by atoms with Gasteiger partial charge in [-0.25, -0.2) is 0 Å². The molecule has 0 fully saturated rings. The van der Waals surface area contributed by atoms with Gasteiger partial charge in [-0.2, -0.15) is 0 Å². The van der Waals surface area contributed by atoms with Crippen molar-refractivity contribution in [3.8, 4) is 56.0 Å². The number of hydrogen-bond acceptors (Lipinski definition) is 2. The van der Waals surface area contributed by atoms with Crippen LogP contribution in [-0.4, -0.2) is 0 Å². The summed E-state index contributed by atoms with van der Waals surface area (Å²) in [6.45, 7) is 0. The van der Waals surface area contributed by atoms with Crippen molar-refractivity contribution in [2.24, 2.45) is 0 Å². The normalized spacial score (nSPS) is 14.3. The maximum Gasteiger partial charge on any atom is 0.155 e. The molecule has 64 heavy (non-hydrogen) atoms. The van der Waals surface area contributed by atoms with Crippen molar-refractivity contribution < 1.29 is 4.74 Å². The summed E-state index contributed by atoms with van der Waals surface area (Å²) in [7, 11) is 0. The summed E-state index contributed by atoms with van der Waals surface area (Å²) in [6, 6.07) is 88.6. The van der Waals surface area contributed by atoms with E-state index in [1.54, 1.807) is 0 Å². The highest BCUT2D eigenvalue weighted by Crippen LogP contribution is 2.64. The van der Waals surface area contributed by atoms with Crippen molar-refractivity contribution in [2.45, 2.75) is 11.3 Å². The Kier molecular flexibility index (Phi) is 8.23.